The number of nitrogens with zero attached hydrogens (tertiary/aromatic N) is 2. The monoisotopic (exact) mass is 263 g/mol. The van der Waals surface area contributed by atoms with Gasteiger partial charge in [-0.1, -0.05) is 52.9 Å². The zero-order chi connectivity index (χ0) is 14.0. The summed E-state index contributed by atoms with van der Waals surface area (Å²) in [5.74, 6) is 2.83. The van der Waals surface area contributed by atoms with Crippen LogP contribution in [0.3, 0.4) is 0 Å². The summed E-state index contributed by atoms with van der Waals surface area (Å²) in [4.78, 5) is 4.88. The first kappa shape index (κ1) is 14.4. The second kappa shape index (κ2) is 5.56. The molecule has 108 valence electrons. The summed E-state index contributed by atoms with van der Waals surface area (Å²) in [5.41, 5.74) is 7.53. The molecule has 0 spiro atoms. The molecule has 0 aliphatic heterocycles. The molecule has 1 aliphatic carbocycles. The van der Waals surface area contributed by atoms with Crippen molar-refractivity contribution in [1.29, 1.82) is 0 Å². The predicted octanol–water partition coefficient (Wildman–Crippen LogP) is 3.91. The van der Waals surface area contributed by atoms with Gasteiger partial charge in [0.1, 0.15) is 11.6 Å². The van der Waals surface area contributed by atoms with E-state index in [1.807, 2.05) is 0 Å². The first-order valence-corrected chi connectivity index (χ1v) is 7.78. The summed E-state index contributed by atoms with van der Waals surface area (Å²) in [7, 11) is 0. The van der Waals surface area contributed by atoms with Crippen molar-refractivity contribution in [2.45, 2.75) is 78.2 Å². The predicted molar refractivity (Wildman–Crippen MR) is 81.3 cm³/mol. The van der Waals surface area contributed by atoms with Crippen molar-refractivity contribution >= 4 is 5.82 Å². The van der Waals surface area contributed by atoms with Crippen molar-refractivity contribution in [1.82, 2.24) is 9.55 Å². The maximum atomic E-state index is 6.33. The van der Waals surface area contributed by atoms with Gasteiger partial charge in [-0.2, -0.15) is 0 Å². The Balaban J connectivity index is 2.23. The van der Waals surface area contributed by atoms with E-state index in [0.29, 0.717) is 0 Å². The van der Waals surface area contributed by atoms with E-state index in [1.165, 1.54) is 32.1 Å². The Morgan fingerprint density at radius 2 is 1.84 bits per heavy atom. The molecule has 1 aliphatic rings. The minimum Gasteiger partial charge on any atom is -0.384 e. The average molecular weight is 263 g/mol. The number of imidazole rings is 1. The Hall–Kier alpha value is -0.990. The SMILES string of the molecule is CCn1c(C(C)(C)C)nc(CC2CCCCC2)c1N. The van der Waals surface area contributed by atoms with Gasteiger partial charge in [0.2, 0.25) is 0 Å². The van der Waals surface area contributed by atoms with Crippen LogP contribution in [0.5, 0.6) is 0 Å². The van der Waals surface area contributed by atoms with E-state index >= 15 is 0 Å². The van der Waals surface area contributed by atoms with Crippen LogP contribution in [0.4, 0.5) is 5.82 Å². The van der Waals surface area contributed by atoms with E-state index in [9.17, 15) is 0 Å². The number of anilines is 1. The van der Waals surface area contributed by atoms with Crippen molar-refractivity contribution in [2.24, 2.45) is 5.92 Å². The summed E-state index contributed by atoms with van der Waals surface area (Å²) in [6.07, 6.45) is 7.94. The zero-order valence-corrected chi connectivity index (χ0v) is 13.0. The van der Waals surface area contributed by atoms with Crippen LogP contribution in [-0.2, 0) is 18.4 Å². The molecule has 0 aromatic carbocycles. The lowest BCUT2D eigenvalue weighted by Gasteiger charge is -2.20. The summed E-state index contributed by atoms with van der Waals surface area (Å²) in [6.45, 7) is 9.70. The molecule has 1 fully saturated rings. The van der Waals surface area contributed by atoms with E-state index in [0.717, 1.165) is 36.2 Å². The molecule has 0 unspecified atom stereocenters. The highest BCUT2D eigenvalue weighted by molar-refractivity contribution is 5.40. The molecule has 19 heavy (non-hydrogen) atoms. The second-order valence-corrected chi connectivity index (χ2v) is 6.97. The van der Waals surface area contributed by atoms with Crippen LogP contribution in [-0.4, -0.2) is 9.55 Å². The Morgan fingerprint density at radius 1 is 1.21 bits per heavy atom. The lowest BCUT2D eigenvalue weighted by atomic mass is 9.86. The summed E-state index contributed by atoms with van der Waals surface area (Å²) < 4.78 is 2.19. The van der Waals surface area contributed by atoms with Gasteiger partial charge < -0.3 is 10.3 Å². The van der Waals surface area contributed by atoms with Gasteiger partial charge >= 0.3 is 0 Å². The summed E-state index contributed by atoms with van der Waals surface area (Å²) in [6, 6.07) is 0. The van der Waals surface area contributed by atoms with Crippen LogP contribution in [0, 0.1) is 5.92 Å². The van der Waals surface area contributed by atoms with Crippen molar-refractivity contribution in [2.75, 3.05) is 5.73 Å². The van der Waals surface area contributed by atoms with E-state index in [-0.39, 0.29) is 5.41 Å². The van der Waals surface area contributed by atoms with E-state index in [2.05, 4.69) is 32.3 Å². The van der Waals surface area contributed by atoms with E-state index < -0.39 is 0 Å². The van der Waals surface area contributed by atoms with Crippen LogP contribution in [0.25, 0.3) is 0 Å². The van der Waals surface area contributed by atoms with Gasteiger partial charge in [0.05, 0.1) is 5.69 Å². The molecule has 0 atom stereocenters. The molecular formula is C16H29N3. The highest BCUT2D eigenvalue weighted by atomic mass is 15.1. The molecule has 1 saturated carbocycles. The molecule has 0 bridgehead atoms. The smallest absolute Gasteiger partial charge is 0.126 e. The van der Waals surface area contributed by atoms with Crippen LogP contribution in [0.1, 0.15) is 71.3 Å². The Bertz CT molecular complexity index is 420. The summed E-state index contributed by atoms with van der Waals surface area (Å²) in [5, 5.41) is 0. The molecule has 0 radical (unpaired) electrons. The standard InChI is InChI=1S/C16H29N3/c1-5-19-14(17)13(18-15(19)16(2,3)4)11-12-9-7-6-8-10-12/h12H,5-11,17H2,1-4H3. The molecule has 1 aromatic heterocycles. The van der Waals surface area contributed by atoms with Crippen molar-refractivity contribution in [3.05, 3.63) is 11.5 Å². The maximum Gasteiger partial charge on any atom is 0.126 e. The van der Waals surface area contributed by atoms with Crippen LogP contribution in [0.2, 0.25) is 0 Å². The number of aromatic nitrogens is 2. The Kier molecular flexibility index (Phi) is 4.22. The highest BCUT2D eigenvalue weighted by Crippen LogP contribution is 2.31. The molecule has 2 N–H and O–H groups in total. The largest absolute Gasteiger partial charge is 0.384 e. The van der Waals surface area contributed by atoms with E-state index in [1.54, 1.807) is 0 Å². The van der Waals surface area contributed by atoms with Crippen molar-refractivity contribution in [3.8, 4) is 0 Å². The van der Waals surface area contributed by atoms with Crippen LogP contribution < -0.4 is 5.73 Å². The zero-order valence-electron chi connectivity index (χ0n) is 13.0. The fraction of sp³-hybridized carbons (Fsp3) is 0.812. The lowest BCUT2D eigenvalue weighted by molar-refractivity contribution is 0.354. The molecular weight excluding hydrogens is 234 g/mol. The normalized spacial score (nSPS) is 17.9. The molecule has 1 aromatic rings. The quantitative estimate of drug-likeness (QED) is 0.898. The van der Waals surface area contributed by atoms with Gasteiger partial charge in [0.15, 0.2) is 0 Å². The van der Waals surface area contributed by atoms with Crippen molar-refractivity contribution < 1.29 is 0 Å². The first-order chi connectivity index (χ1) is 8.93. The maximum absolute atomic E-state index is 6.33. The third kappa shape index (κ3) is 3.13. The molecule has 2 rings (SSSR count). The van der Waals surface area contributed by atoms with Gasteiger partial charge in [0.25, 0.3) is 0 Å². The van der Waals surface area contributed by atoms with Gasteiger partial charge in [-0.05, 0) is 19.3 Å². The van der Waals surface area contributed by atoms with E-state index in [4.69, 9.17) is 10.7 Å². The molecule has 0 amide bonds. The van der Waals surface area contributed by atoms with Gasteiger partial charge in [-0.25, -0.2) is 4.98 Å². The molecule has 3 heteroatoms. The summed E-state index contributed by atoms with van der Waals surface area (Å²) >= 11 is 0. The van der Waals surface area contributed by atoms with Gasteiger partial charge in [0, 0.05) is 12.0 Å². The van der Waals surface area contributed by atoms with Crippen LogP contribution >= 0.6 is 0 Å². The minimum absolute atomic E-state index is 0.0644. The molecule has 1 heterocycles. The fourth-order valence-corrected chi connectivity index (χ4v) is 3.22. The van der Waals surface area contributed by atoms with Gasteiger partial charge in [-0.3, -0.25) is 0 Å². The molecule has 3 nitrogen and oxygen atoms in total. The average Bonchev–Trinajstić information content (AvgIpc) is 2.67. The highest BCUT2D eigenvalue weighted by Gasteiger charge is 2.25. The Labute approximate surface area is 117 Å². The van der Waals surface area contributed by atoms with Crippen LogP contribution in [0.15, 0.2) is 0 Å². The second-order valence-electron chi connectivity index (χ2n) is 6.97. The van der Waals surface area contributed by atoms with Gasteiger partial charge in [-0.15, -0.1) is 0 Å². The number of hydrogen-bond donors (Lipinski definition) is 1. The first-order valence-electron chi connectivity index (χ1n) is 7.78. The number of hydrogen-bond acceptors (Lipinski definition) is 2. The number of nitrogen functional groups attached to an aromatic ring is 1. The topological polar surface area (TPSA) is 43.8 Å². The lowest BCUT2D eigenvalue weighted by Crippen LogP contribution is -2.19. The molecule has 0 saturated heterocycles. The fourth-order valence-electron chi connectivity index (χ4n) is 3.22. The van der Waals surface area contributed by atoms with Crippen molar-refractivity contribution in [3.63, 3.8) is 0 Å². The number of rotatable bonds is 3. The minimum atomic E-state index is 0.0644. The third-order valence-electron chi connectivity index (χ3n) is 4.28. The third-order valence-corrected chi connectivity index (χ3v) is 4.28. The Morgan fingerprint density at radius 3 is 2.32 bits per heavy atom. The number of nitrogens with two attached hydrogens (primary N) is 1.